The van der Waals surface area contributed by atoms with E-state index in [2.05, 4.69) is 20.9 Å². The zero-order chi connectivity index (χ0) is 14.0. The topological polar surface area (TPSA) is 65.3 Å². The molecule has 1 aromatic carbocycles. The van der Waals surface area contributed by atoms with Crippen molar-refractivity contribution in [2.45, 2.75) is 6.92 Å². The van der Waals surface area contributed by atoms with Crippen LogP contribution in [0.25, 0.3) is 0 Å². The number of benzene rings is 1. The molecular formula is C12H8BrClN2O3. The van der Waals surface area contributed by atoms with Gasteiger partial charge in [-0.05, 0) is 30.7 Å². The van der Waals surface area contributed by atoms with E-state index in [0.29, 0.717) is 5.75 Å². The van der Waals surface area contributed by atoms with Crippen molar-refractivity contribution in [2.24, 2.45) is 0 Å². The van der Waals surface area contributed by atoms with Gasteiger partial charge in [-0.2, -0.15) is 4.98 Å². The number of nitro groups is 1. The van der Waals surface area contributed by atoms with E-state index >= 15 is 0 Å². The Labute approximate surface area is 122 Å². The molecule has 5 nitrogen and oxygen atoms in total. The Morgan fingerprint density at radius 2 is 2.11 bits per heavy atom. The monoisotopic (exact) mass is 342 g/mol. The Morgan fingerprint density at radius 1 is 1.37 bits per heavy atom. The second-order valence-electron chi connectivity index (χ2n) is 3.73. The first-order chi connectivity index (χ1) is 8.97. The molecule has 0 spiro atoms. The van der Waals surface area contributed by atoms with Crippen molar-refractivity contribution in [1.29, 1.82) is 0 Å². The molecule has 0 unspecified atom stereocenters. The van der Waals surface area contributed by atoms with Gasteiger partial charge >= 0.3 is 11.6 Å². The third kappa shape index (κ3) is 3.21. The molecule has 0 N–H and O–H groups in total. The average Bonchev–Trinajstić information content (AvgIpc) is 2.33. The molecule has 98 valence electrons. The summed E-state index contributed by atoms with van der Waals surface area (Å²) in [6.45, 7) is 1.83. The molecule has 7 heteroatoms. The highest BCUT2D eigenvalue weighted by Crippen LogP contribution is 2.33. The minimum Gasteiger partial charge on any atom is -0.433 e. The molecule has 0 fully saturated rings. The molecule has 2 rings (SSSR count). The van der Waals surface area contributed by atoms with E-state index in [0.717, 1.165) is 10.0 Å². The van der Waals surface area contributed by atoms with Crippen LogP contribution in [0.1, 0.15) is 5.56 Å². The molecule has 0 radical (unpaired) electrons. The maximum Gasteiger partial charge on any atom is 0.331 e. The largest absolute Gasteiger partial charge is 0.433 e. The lowest BCUT2D eigenvalue weighted by Crippen LogP contribution is -1.97. The van der Waals surface area contributed by atoms with Gasteiger partial charge in [0.1, 0.15) is 10.9 Å². The molecule has 1 heterocycles. The van der Waals surface area contributed by atoms with Gasteiger partial charge in [-0.15, -0.1) is 0 Å². The fraction of sp³-hybridized carbons (Fsp3) is 0.0833. The van der Waals surface area contributed by atoms with Crippen LogP contribution in [0, 0.1) is 17.0 Å². The highest BCUT2D eigenvalue weighted by molar-refractivity contribution is 9.10. The minimum absolute atomic E-state index is 0.126. The number of pyridine rings is 1. The van der Waals surface area contributed by atoms with Gasteiger partial charge in [0.05, 0.1) is 4.92 Å². The third-order valence-corrected chi connectivity index (χ3v) is 3.06. The molecule has 0 atom stereocenters. The van der Waals surface area contributed by atoms with Crippen LogP contribution >= 0.6 is 27.5 Å². The minimum atomic E-state index is -0.564. The van der Waals surface area contributed by atoms with E-state index in [1.165, 1.54) is 12.1 Å². The normalized spacial score (nSPS) is 10.3. The highest BCUT2D eigenvalue weighted by Gasteiger charge is 2.18. The molecule has 0 aliphatic heterocycles. The Balaban J connectivity index is 2.45. The van der Waals surface area contributed by atoms with Crippen molar-refractivity contribution in [1.82, 2.24) is 4.98 Å². The van der Waals surface area contributed by atoms with Gasteiger partial charge < -0.3 is 4.74 Å². The molecular weight excluding hydrogens is 336 g/mol. The number of halogens is 2. The number of hydrogen-bond acceptors (Lipinski definition) is 4. The molecule has 0 aliphatic rings. The van der Waals surface area contributed by atoms with E-state index in [1.807, 2.05) is 19.1 Å². The molecule has 0 bridgehead atoms. The number of aryl methyl sites for hydroxylation is 1. The second-order valence-corrected chi connectivity index (χ2v) is 5.03. The van der Waals surface area contributed by atoms with Gasteiger partial charge in [-0.1, -0.05) is 33.6 Å². The van der Waals surface area contributed by atoms with Crippen LogP contribution in [-0.4, -0.2) is 9.91 Å². The predicted octanol–water partition coefficient (Wildman–Crippen LogP) is 4.51. The van der Waals surface area contributed by atoms with Crippen LogP contribution in [0.15, 0.2) is 34.8 Å². The summed E-state index contributed by atoms with van der Waals surface area (Å²) in [7, 11) is 0. The summed E-state index contributed by atoms with van der Waals surface area (Å²) in [6, 6.07) is 8.00. The van der Waals surface area contributed by atoms with Crippen molar-refractivity contribution in [3.63, 3.8) is 0 Å². The van der Waals surface area contributed by atoms with Crippen molar-refractivity contribution in [2.75, 3.05) is 0 Å². The van der Waals surface area contributed by atoms with E-state index in [9.17, 15) is 10.1 Å². The highest BCUT2D eigenvalue weighted by atomic mass is 79.9. The zero-order valence-electron chi connectivity index (χ0n) is 9.76. The van der Waals surface area contributed by atoms with Crippen molar-refractivity contribution in [3.05, 3.63) is 55.6 Å². The van der Waals surface area contributed by atoms with E-state index in [1.54, 1.807) is 6.07 Å². The lowest BCUT2D eigenvalue weighted by Gasteiger charge is -2.08. The lowest BCUT2D eigenvalue weighted by atomic mass is 10.2. The summed E-state index contributed by atoms with van der Waals surface area (Å²) < 4.78 is 6.30. The van der Waals surface area contributed by atoms with Gasteiger partial charge in [0.2, 0.25) is 0 Å². The van der Waals surface area contributed by atoms with E-state index in [4.69, 9.17) is 16.3 Å². The Morgan fingerprint density at radius 3 is 2.79 bits per heavy atom. The Hall–Kier alpha value is -1.66. The summed E-state index contributed by atoms with van der Waals surface area (Å²) in [5, 5.41) is 11.0. The first kappa shape index (κ1) is 13.8. The van der Waals surface area contributed by atoms with Crippen molar-refractivity contribution >= 4 is 33.2 Å². The average molecular weight is 344 g/mol. The molecule has 2 aromatic rings. The standard InChI is InChI=1S/C12H8BrClN2O3/c1-7-2-3-8(13)6-10(7)19-12-9(16(17)18)4-5-11(14)15-12/h2-6H,1H3. The Kier molecular flexibility index (Phi) is 4.01. The SMILES string of the molecule is Cc1ccc(Br)cc1Oc1nc(Cl)ccc1[N+](=O)[O-]. The summed E-state index contributed by atoms with van der Waals surface area (Å²) in [5.41, 5.74) is 0.600. The molecule has 0 aliphatic carbocycles. The van der Waals surface area contributed by atoms with Crippen LogP contribution in [-0.2, 0) is 0 Å². The Bertz CT molecular complexity index is 649. The number of aromatic nitrogens is 1. The van der Waals surface area contributed by atoms with Gasteiger partial charge in [-0.25, -0.2) is 0 Å². The van der Waals surface area contributed by atoms with Gasteiger partial charge in [0.15, 0.2) is 0 Å². The van der Waals surface area contributed by atoms with Crippen molar-refractivity contribution < 1.29 is 9.66 Å². The van der Waals surface area contributed by atoms with Crippen LogP contribution < -0.4 is 4.74 Å². The molecule has 19 heavy (non-hydrogen) atoms. The predicted molar refractivity (Wildman–Crippen MR) is 74.9 cm³/mol. The van der Waals surface area contributed by atoms with E-state index in [-0.39, 0.29) is 16.7 Å². The van der Waals surface area contributed by atoms with Crippen molar-refractivity contribution in [3.8, 4) is 11.6 Å². The summed E-state index contributed by atoms with van der Waals surface area (Å²) in [6.07, 6.45) is 0. The maximum atomic E-state index is 10.9. The molecule has 0 saturated heterocycles. The first-order valence-electron chi connectivity index (χ1n) is 5.22. The number of ether oxygens (including phenoxy) is 1. The lowest BCUT2D eigenvalue weighted by molar-refractivity contribution is -0.386. The van der Waals surface area contributed by atoms with Gasteiger partial charge in [-0.3, -0.25) is 10.1 Å². The summed E-state index contributed by atoms with van der Waals surface area (Å²) in [5.74, 6) is 0.353. The van der Waals surface area contributed by atoms with E-state index < -0.39 is 4.92 Å². The maximum absolute atomic E-state index is 10.9. The molecule has 1 aromatic heterocycles. The van der Waals surface area contributed by atoms with Crippen LogP contribution in [0.5, 0.6) is 11.6 Å². The fourth-order valence-corrected chi connectivity index (χ4v) is 1.89. The number of rotatable bonds is 3. The number of hydrogen-bond donors (Lipinski definition) is 0. The number of nitrogens with zero attached hydrogens (tertiary/aromatic N) is 2. The third-order valence-electron chi connectivity index (χ3n) is 2.36. The molecule has 0 saturated carbocycles. The second kappa shape index (κ2) is 5.54. The van der Waals surface area contributed by atoms with Crippen LogP contribution in [0.3, 0.4) is 0 Å². The smallest absolute Gasteiger partial charge is 0.331 e. The zero-order valence-corrected chi connectivity index (χ0v) is 12.1. The quantitative estimate of drug-likeness (QED) is 0.467. The van der Waals surface area contributed by atoms with Crippen LogP contribution in [0.2, 0.25) is 5.15 Å². The summed E-state index contributed by atoms with van der Waals surface area (Å²) >= 11 is 9.05. The summed E-state index contributed by atoms with van der Waals surface area (Å²) in [4.78, 5) is 14.2. The van der Waals surface area contributed by atoms with Gasteiger partial charge in [0, 0.05) is 10.5 Å². The molecule has 0 amide bonds. The fourth-order valence-electron chi connectivity index (χ4n) is 1.41. The first-order valence-corrected chi connectivity index (χ1v) is 6.39. The van der Waals surface area contributed by atoms with Gasteiger partial charge in [0.25, 0.3) is 0 Å². The van der Waals surface area contributed by atoms with Crippen LogP contribution in [0.4, 0.5) is 5.69 Å².